The first-order valence-corrected chi connectivity index (χ1v) is 9.39. The Balaban J connectivity index is 2.80. The quantitative estimate of drug-likeness (QED) is 0.836. The van der Waals surface area contributed by atoms with Gasteiger partial charge in [-0.05, 0) is 24.7 Å². The third-order valence-corrected chi connectivity index (χ3v) is 5.03. The molecule has 0 bridgehead atoms. The number of hydrogen-bond acceptors (Lipinski definition) is 4. The highest BCUT2D eigenvalue weighted by Crippen LogP contribution is 2.32. The average molecular weight is 368 g/mol. The van der Waals surface area contributed by atoms with Crippen molar-refractivity contribution in [1.29, 1.82) is 0 Å². The Bertz CT molecular complexity index is 794. The number of carbonyl (C=O) groups excluding carboxylic acids is 1. The Hall–Kier alpha value is -1.66. The first kappa shape index (κ1) is 18.7. The van der Waals surface area contributed by atoms with E-state index in [-0.39, 0.29) is 28.2 Å². The van der Waals surface area contributed by atoms with E-state index >= 15 is 0 Å². The number of nitrogens with two attached hydrogens (primary N) is 1. The molecule has 0 radical (unpaired) electrons. The highest BCUT2D eigenvalue weighted by molar-refractivity contribution is 8.13. The molecule has 0 saturated heterocycles. The number of thioether (sulfide) groups is 1. The van der Waals surface area contributed by atoms with Crippen LogP contribution in [0.2, 0.25) is 5.02 Å². The fraction of sp³-hybridized carbons (Fsp3) is 0.412. The van der Waals surface area contributed by atoms with Crippen LogP contribution in [0.5, 0.6) is 0 Å². The van der Waals surface area contributed by atoms with E-state index in [1.807, 2.05) is 20.8 Å². The van der Waals surface area contributed by atoms with Crippen LogP contribution < -0.4 is 11.3 Å². The second-order valence-electron chi connectivity index (χ2n) is 5.37. The summed E-state index contributed by atoms with van der Waals surface area (Å²) in [5.74, 6) is 0.751. The summed E-state index contributed by atoms with van der Waals surface area (Å²) in [6, 6.07) is 6.93. The van der Waals surface area contributed by atoms with Crippen LogP contribution in [-0.2, 0) is 0 Å². The first-order valence-electron chi connectivity index (χ1n) is 8.02. The van der Waals surface area contributed by atoms with Gasteiger partial charge in [0.1, 0.15) is 5.82 Å². The zero-order valence-electron chi connectivity index (χ0n) is 14.1. The molecular weight excluding hydrogens is 346 g/mol. The molecular formula is C17H22ClN3O2S. The molecule has 0 aliphatic heterocycles. The summed E-state index contributed by atoms with van der Waals surface area (Å²) in [4.78, 5) is 25.6. The number of hydrogen-bond donors (Lipinski definition) is 1. The minimum absolute atomic E-state index is 0.0996. The van der Waals surface area contributed by atoms with Crippen molar-refractivity contribution in [2.75, 3.05) is 11.5 Å². The van der Waals surface area contributed by atoms with E-state index in [1.54, 1.807) is 24.3 Å². The molecule has 1 aromatic carbocycles. The Morgan fingerprint density at radius 3 is 2.42 bits per heavy atom. The number of nitrogen functional groups attached to an aromatic ring is 1. The van der Waals surface area contributed by atoms with Crippen LogP contribution in [0.4, 0.5) is 10.6 Å². The molecule has 0 fully saturated rings. The van der Waals surface area contributed by atoms with Gasteiger partial charge in [-0.2, -0.15) is 4.68 Å². The molecule has 1 aromatic heterocycles. The third-order valence-electron chi connectivity index (χ3n) is 3.99. The van der Waals surface area contributed by atoms with Gasteiger partial charge in [-0.25, -0.2) is 4.68 Å². The molecule has 130 valence electrons. The fourth-order valence-electron chi connectivity index (χ4n) is 2.79. The second kappa shape index (κ2) is 7.94. The highest BCUT2D eigenvalue weighted by Gasteiger charge is 2.27. The van der Waals surface area contributed by atoms with Crippen LogP contribution in [0.15, 0.2) is 29.1 Å². The van der Waals surface area contributed by atoms with Crippen LogP contribution >= 0.6 is 23.4 Å². The molecule has 0 atom stereocenters. The van der Waals surface area contributed by atoms with Gasteiger partial charge in [-0.1, -0.05) is 62.3 Å². The second-order valence-corrected chi connectivity index (χ2v) is 6.99. The minimum atomic E-state index is -0.278. The van der Waals surface area contributed by atoms with Gasteiger partial charge in [-0.15, -0.1) is 0 Å². The van der Waals surface area contributed by atoms with Gasteiger partial charge in [0, 0.05) is 10.6 Å². The van der Waals surface area contributed by atoms with E-state index in [0.29, 0.717) is 16.3 Å². The van der Waals surface area contributed by atoms with Crippen molar-refractivity contribution < 1.29 is 4.79 Å². The summed E-state index contributed by atoms with van der Waals surface area (Å²) in [7, 11) is 0. The fourth-order valence-corrected chi connectivity index (χ4v) is 3.57. The van der Waals surface area contributed by atoms with Gasteiger partial charge in [-0.3, -0.25) is 9.59 Å². The zero-order chi connectivity index (χ0) is 17.9. The maximum atomic E-state index is 13.1. The molecule has 0 aliphatic carbocycles. The van der Waals surface area contributed by atoms with Crippen molar-refractivity contribution in [2.24, 2.45) is 0 Å². The average Bonchev–Trinajstić information content (AvgIpc) is 2.81. The van der Waals surface area contributed by atoms with E-state index in [1.165, 1.54) is 9.36 Å². The van der Waals surface area contributed by atoms with Crippen LogP contribution in [-0.4, -0.2) is 20.4 Å². The van der Waals surface area contributed by atoms with E-state index < -0.39 is 0 Å². The lowest BCUT2D eigenvalue weighted by molar-refractivity contribution is 0.251. The van der Waals surface area contributed by atoms with Gasteiger partial charge in [0.25, 0.3) is 5.56 Å². The number of rotatable bonds is 5. The molecule has 1 heterocycles. The van der Waals surface area contributed by atoms with Crippen molar-refractivity contribution in [3.63, 3.8) is 0 Å². The lowest BCUT2D eigenvalue weighted by Crippen LogP contribution is -2.30. The predicted molar refractivity (Wildman–Crippen MR) is 102 cm³/mol. The largest absolute Gasteiger partial charge is 0.383 e. The van der Waals surface area contributed by atoms with Crippen molar-refractivity contribution >= 4 is 34.4 Å². The van der Waals surface area contributed by atoms with Gasteiger partial charge in [0.2, 0.25) is 0 Å². The Kier molecular flexibility index (Phi) is 6.18. The lowest BCUT2D eigenvalue weighted by Gasteiger charge is -2.18. The number of aromatic nitrogens is 2. The SMILES string of the molecule is CCSC(=O)n1c(N)c(-c2ccccc2Cl)c(=O)n1C(CC)CC. The molecule has 2 aromatic rings. The van der Waals surface area contributed by atoms with Gasteiger partial charge in [0.15, 0.2) is 0 Å². The number of nitrogens with zero attached hydrogens (tertiary/aromatic N) is 2. The molecule has 2 N–H and O–H groups in total. The monoisotopic (exact) mass is 367 g/mol. The maximum absolute atomic E-state index is 13.1. The molecule has 0 unspecified atom stereocenters. The molecule has 0 amide bonds. The topological polar surface area (TPSA) is 70.0 Å². The predicted octanol–water partition coefficient (Wildman–Crippen LogP) is 4.63. The van der Waals surface area contributed by atoms with Crippen LogP contribution in [0, 0.1) is 0 Å². The Morgan fingerprint density at radius 2 is 1.88 bits per heavy atom. The molecule has 0 spiro atoms. The van der Waals surface area contributed by atoms with Crippen molar-refractivity contribution in [3.8, 4) is 11.1 Å². The van der Waals surface area contributed by atoms with E-state index in [9.17, 15) is 9.59 Å². The molecule has 0 aliphatic rings. The maximum Gasteiger partial charge on any atom is 0.306 e. The third kappa shape index (κ3) is 3.26. The molecule has 2 rings (SSSR count). The zero-order valence-corrected chi connectivity index (χ0v) is 15.7. The molecule has 24 heavy (non-hydrogen) atoms. The normalized spacial score (nSPS) is 11.2. The number of anilines is 1. The van der Waals surface area contributed by atoms with Gasteiger partial charge in [0.05, 0.1) is 11.6 Å². The van der Waals surface area contributed by atoms with E-state index in [4.69, 9.17) is 17.3 Å². The van der Waals surface area contributed by atoms with Crippen molar-refractivity contribution in [3.05, 3.63) is 39.6 Å². The summed E-state index contributed by atoms with van der Waals surface area (Å²) in [6.07, 6.45) is 1.46. The summed E-state index contributed by atoms with van der Waals surface area (Å²) < 4.78 is 2.80. The first-order chi connectivity index (χ1) is 11.5. The van der Waals surface area contributed by atoms with E-state index in [0.717, 1.165) is 24.6 Å². The van der Waals surface area contributed by atoms with Crippen LogP contribution in [0.1, 0.15) is 39.7 Å². The lowest BCUT2D eigenvalue weighted by atomic mass is 10.1. The van der Waals surface area contributed by atoms with E-state index in [2.05, 4.69) is 0 Å². The van der Waals surface area contributed by atoms with Crippen molar-refractivity contribution in [2.45, 2.75) is 39.7 Å². The smallest absolute Gasteiger partial charge is 0.306 e. The Labute approximate surface area is 150 Å². The Morgan fingerprint density at radius 1 is 1.25 bits per heavy atom. The molecule has 5 nitrogen and oxygen atoms in total. The van der Waals surface area contributed by atoms with Gasteiger partial charge >= 0.3 is 5.24 Å². The molecule has 0 saturated carbocycles. The van der Waals surface area contributed by atoms with Crippen molar-refractivity contribution in [1.82, 2.24) is 9.36 Å². The van der Waals surface area contributed by atoms with Crippen LogP contribution in [0.25, 0.3) is 11.1 Å². The van der Waals surface area contributed by atoms with Crippen LogP contribution in [0.3, 0.4) is 0 Å². The number of benzene rings is 1. The summed E-state index contributed by atoms with van der Waals surface area (Å²) in [6.45, 7) is 5.86. The summed E-state index contributed by atoms with van der Waals surface area (Å²) >= 11 is 7.37. The highest BCUT2D eigenvalue weighted by atomic mass is 35.5. The summed E-state index contributed by atoms with van der Waals surface area (Å²) in [5, 5.41) is 0.183. The minimum Gasteiger partial charge on any atom is -0.383 e. The number of carbonyl (C=O) groups is 1. The summed E-state index contributed by atoms with van der Waals surface area (Å²) in [5.41, 5.74) is 6.80. The van der Waals surface area contributed by atoms with Gasteiger partial charge < -0.3 is 5.73 Å². The molecule has 7 heteroatoms. The standard InChI is InChI=1S/C17H22ClN3O2S/c1-4-11(5-2)20-16(22)14(12-9-7-8-10-13(12)18)15(19)21(20)17(23)24-6-3/h7-11H,4-6,19H2,1-3H3. The number of halogens is 1.